The van der Waals surface area contributed by atoms with Crippen LogP contribution in [0.15, 0.2) is 22.8 Å². The average Bonchev–Trinajstić information content (AvgIpc) is 3.00. The first kappa shape index (κ1) is 17.9. The Morgan fingerprint density at radius 3 is 2.91 bits per heavy atom. The molecule has 1 aromatic rings. The predicted octanol–water partition coefficient (Wildman–Crippen LogP) is 4.39. The van der Waals surface area contributed by atoms with E-state index in [2.05, 4.69) is 0 Å². The third kappa shape index (κ3) is 5.90. The van der Waals surface area contributed by atoms with Crippen molar-refractivity contribution in [2.24, 2.45) is 5.92 Å². The van der Waals surface area contributed by atoms with Crippen LogP contribution in [0.3, 0.4) is 0 Å². The topological polar surface area (TPSA) is 51.9 Å². The van der Waals surface area contributed by atoms with Gasteiger partial charge in [0.2, 0.25) is 0 Å². The molecule has 5 heteroatoms. The van der Waals surface area contributed by atoms with E-state index in [-0.39, 0.29) is 12.2 Å². The van der Waals surface area contributed by atoms with Crippen LogP contribution in [-0.2, 0) is 9.47 Å². The maximum Gasteiger partial charge on any atom is 0.410 e. The van der Waals surface area contributed by atoms with Crippen LogP contribution in [0.5, 0.6) is 0 Å². The Kier molecular flexibility index (Phi) is 6.10. The molecule has 0 unspecified atom stereocenters. The Balaban J connectivity index is 1.72. The van der Waals surface area contributed by atoms with Gasteiger partial charge in [0.05, 0.1) is 6.26 Å². The second-order valence-corrected chi connectivity index (χ2v) is 7.25. The lowest BCUT2D eigenvalue weighted by Gasteiger charge is -2.34. The molecular weight excluding hydrogens is 294 g/mol. The number of hydrogen-bond acceptors (Lipinski definition) is 4. The normalized spacial score (nSPS) is 20.3. The second-order valence-electron chi connectivity index (χ2n) is 7.25. The van der Waals surface area contributed by atoms with Crippen LogP contribution in [0.1, 0.15) is 58.8 Å². The Labute approximate surface area is 138 Å². The molecule has 1 saturated heterocycles. The summed E-state index contributed by atoms with van der Waals surface area (Å²) in [5.74, 6) is 1.32. The van der Waals surface area contributed by atoms with Gasteiger partial charge in [0.25, 0.3) is 0 Å². The van der Waals surface area contributed by atoms with E-state index in [0.717, 1.165) is 38.1 Å². The molecule has 0 saturated carbocycles. The lowest BCUT2D eigenvalue weighted by Crippen LogP contribution is -2.43. The lowest BCUT2D eigenvalue weighted by molar-refractivity contribution is 0.00893. The van der Waals surface area contributed by atoms with Gasteiger partial charge in [0, 0.05) is 19.7 Å². The fraction of sp³-hybridized carbons (Fsp3) is 0.722. The van der Waals surface area contributed by atoms with Gasteiger partial charge >= 0.3 is 6.09 Å². The third-order valence-electron chi connectivity index (χ3n) is 4.01. The minimum Gasteiger partial charge on any atom is -0.467 e. The summed E-state index contributed by atoms with van der Waals surface area (Å²) in [7, 11) is 0. The molecule has 1 aliphatic rings. The molecule has 0 bridgehead atoms. The summed E-state index contributed by atoms with van der Waals surface area (Å²) in [5.41, 5.74) is -0.439. The summed E-state index contributed by atoms with van der Waals surface area (Å²) in [6, 6.07) is 3.80. The first-order valence-electron chi connectivity index (χ1n) is 8.48. The maximum absolute atomic E-state index is 12.2. The van der Waals surface area contributed by atoms with Crippen molar-refractivity contribution >= 4 is 6.09 Å². The van der Waals surface area contributed by atoms with Crippen LogP contribution in [0.2, 0.25) is 0 Å². The molecule has 0 spiro atoms. The summed E-state index contributed by atoms with van der Waals surface area (Å²) < 4.78 is 16.6. The van der Waals surface area contributed by atoms with Crippen LogP contribution < -0.4 is 0 Å². The third-order valence-corrected chi connectivity index (χ3v) is 4.01. The molecule has 1 fully saturated rings. The van der Waals surface area contributed by atoms with E-state index in [1.165, 1.54) is 0 Å². The van der Waals surface area contributed by atoms with Gasteiger partial charge in [-0.25, -0.2) is 4.79 Å². The number of furan rings is 1. The standard InChI is InChI=1S/C18H29NO4/c1-14(16-8-6-11-22-16)21-12-9-15-7-5-10-19(13-15)17(20)23-18(2,3)4/h6,8,11,14-15H,5,7,9-10,12-13H2,1-4H3/t14-,15+/m0/s1. The van der Waals surface area contributed by atoms with Gasteiger partial charge in [0.1, 0.15) is 17.5 Å². The van der Waals surface area contributed by atoms with Crippen LogP contribution >= 0.6 is 0 Å². The molecule has 0 radical (unpaired) electrons. The molecule has 2 heterocycles. The highest BCUT2D eigenvalue weighted by molar-refractivity contribution is 5.68. The van der Waals surface area contributed by atoms with Crippen LogP contribution in [-0.4, -0.2) is 36.3 Å². The van der Waals surface area contributed by atoms with Crippen molar-refractivity contribution in [2.75, 3.05) is 19.7 Å². The number of hydrogen-bond donors (Lipinski definition) is 0. The van der Waals surface area contributed by atoms with E-state index in [4.69, 9.17) is 13.9 Å². The summed E-state index contributed by atoms with van der Waals surface area (Å²) in [6.07, 6.45) is 4.54. The average molecular weight is 323 g/mol. The van der Waals surface area contributed by atoms with Gasteiger partial charge in [-0.2, -0.15) is 0 Å². The molecular formula is C18H29NO4. The molecule has 1 aromatic heterocycles. The number of amides is 1. The van der Waals surface area contributed by atoms with Crippen molar-refractivity contribution in [3.05, 3.63) is 24.2 Å². The molecule has 2 atom stereocenters. The highest BCUT2D eigenvalue weighted by Gasteiger charge is 2.27. The van der Waals surface area contributed by atoms with E-state index < -0.39 is 5.60 Å². The van der Waals surface area contributed by atoms with E-state index in [0.29, 0.717) is 12.5 Å². The Bertz CT molecular complexity index is 478. The monoisotopic (exact) mass is 323 g/mol. The SMILES string of the molecule is C[C@H](OCC[C@H]1CCCN(C(=O)OC(C)(C)C)C1)c1ccco1. The molecule has 0 N–H and O–H groups in total. The van der Waals surface area contributed by atoms with Crippen molar-refractivity contribution in [1.82, 2.24) is 4.90 Å². The fourth-order valence-corrected chi connectivity index (χ4v) is 2.81. The summed E-state index contributed by atoms with van der Waals surface area (Å²) in [4.78, 5) is 14.0. The van der Waals surface area contributed by atoms with Crippen molar-refractivity contribution < 1.29 is 18.7 Å². The number of piperidine rings is 1. The maximum atomic E-state index is 12.2. The van der Waals surface area contributed by atoms with Gasteiger partial charge in [-0.3, -0.25) is 0 Å². The Morgan fingerprint density at radius 2 is 2.26 bits per heavy atom. The highest BCUT2D eigenvalue weighted by Crippen LogP contribution is 2.23. The van der Waals surface area contributed by atoms with Crippen molar-refractivity contribution in [2.45, 2.75) is 58.7 Å². The second kappa shape index (κ2) is 7.86. The molecule has 0 aliphatic carbocycles. The number of nitrogens with zero attached hydrogens (tertiary/aromatic N) is 1. The minimum atomic E-state index is -0.439. The summed E-state index contributed by atoms with van der Waals surface area (Å²) >= 11 is 0. The molecule has 1 aliphatic heterocycles. The first-order chi connectivity index (χ1) is 10.8. The smallest absolute Gasteiger partial charge is 0.410 e. The number of carbonyl (C=O) groups excluding carboxylic acids is 1. The van der Waals surface area contributed by atoms with Crippen LogP contribution in [0, 0.1) is 5.92 Å². The highest BCUT2D eigenvalue weighted by atomic mass is 16.6. The van der Waals surface area contributed by atoms with Gasteiger partial charge in [-0.1, -0.05) is 0 Å². The summed E-state index contributed by atoms with van der Waals surface area (Å²) in [5, 5.41) is 0. The fourth-order valence-electron chi connectivity index (χ4n) is 2.81. The zero-order valence-corrected chi connectivity index (χ0v) is 14.7. The van der Waals surface area contributed by atoms with Gasteiger partial charge < -0.3 is 18.8 Å². The van der Waals surface area contributed by atoms with E-state index in [1.807, 2.05) is 44.7 Å². The van der Waals surface area contributed by atoms with E-state index >= 15 is 0 Å². The molecule has 1 amide bonds. The quantitative estimate of drug-likeness (QED) is 0.806. The Morgan fingerprint density at radius 1 is 1.48 bits per heavy atom. The summed E-state index contributed by atoms with van der Waals surface area (Å²) in [6.45, 7) is 9.91. The molecule has 130 valence electrons. The minimum absolute atomic E-state index is 0.0319. The first-order valence-corrected chi connectivity index (χ1v) is 8.48. The lowest BCUT2D eigenvalue weighted by atomic mass is 9.95. The molecule has 5 nitrogen and oxygen atoms in total. The van der Waals surface area contributed by atoms with Gasteiger partial charge in [0.15, 0.2) is 0 Å². The van der Waals surface area contributed by atoms with Gasteiger partial charge in [-0.05, 0) is 65.0 Å². The largest absolute Gasteiger partial charge is 0.467 e. The number of ether oxygens (including phenoxy) is 2. The Hall–Kier alpha value is -1.49. The number of rotatable bonds is 5. The van der Waals surface area contributed by atoms with Crippen LogP contribution in [0.4, 0.5) is 4.79 Å². The van der Waals surface area contributed by atoms with Crippen LogP contribution in [0.25, 0.3) is 0 Å². The van der Waals surface area contributed by atoms with E-state index in [9.17, 15) is 4.79 Å². The van der Waals surface area contributed by atoms with Crippen molar-refractivity contribution in [3.63, 3.8) is 0 Å². The van der Waals surface area contributed by atoms with Crippen molar-refractivity contribution in [1.29, 1.82) is 0 Å². The number of likely N-dealkylation sites (tertiary alicyclic amines) is 1. The number of carbonyl (C=O) groups is 1. The zero-order chi connectivity index (χ0) is 16.9. The predicted molar refractivity (Wildman–Crippen MR) is 88.2 cm³/mol. The zero-order valence-electron chi connectivity index (χ0n) is 14.7. The molecule has 23 heavy (non-hydrogen) atoms. The molecule has 2 rings (SSSR count). The van der Waals surface area contributed by atoms with Crippen molar-refractivity contribution in [3.8, 4) is 0 Å². The van der Waals surface area contributed by atoms with Gasteiger partial charge in [-0.15, -0.1) is 0 Å². The van der Waals surface area contributed by atoms with E-state index in [1.54, 1.807) is 6.26 Å². The molecule has 0 aromatic carbocycles.